The van der Waals surface area contributed by atoms with Gasteiger partial charge in [0.05, 0.1) is 32.8 Å². The Bertz CT molecular complexity index is 1520. The number of thiazole rings is 1. The van der Waals surface area contributed by atoms with E-state index >= 15 is 0 Å². The number of carbonyl (C=O) groups excluding carboxylic acids is 3. The molecule has 5 nitrogen and oxygen atoms in total. The van der Waals surface area contributed by atoms with Crippen molar-refractivity contribution in [2.24, 2.45) is 0 Å². The fourth-order valence-electron chi connectivity index (χ4n) is 3.52. The van der Waals surface area contributed by atoms with E-state index in [2.05, 4.69) is 84.6 Å². The fourth-order valence-corrected chi connectivity index (χ4v) is 8.24. The first-order chi connectivity index (χ1) is 16.7. The molecule has 176 valence electrons. The lowest BCUT2D eigenvalue weighted by molar-refractivity contribution is 0.0924. The van der Waals surface area contributed by atoms with Gasteiger partial charge < -0.3 is 0 Å². The standard InChI is InChI=1S/C23H9Br5N2O3S2/c24-10-3-1-9(2-4-10)13(31)8-34-23-29-12-6-5-11(7-14(12)35-23)30-21(32)15-16(22(30)33)18(26)20(28)19(27)17(15)25/h1-7H,8H2. The van der Waals surface area contributed by atoms with Crippen LogP contribution in [0.2, 0.25) is 0 Å². The maximum Gasteiger partial charge on any atom is 0.267 e. The second kappa shape index (κ2) is 10.1. The number of rotatable bonds is 5. The third-order valence-electron chi connectivity index (χ3n) is 5.20. The van der Waals surface area contributed by atoms with Crippen LogP contribution >= 0.6 is 103 Å². The molecule has 0 radical (unpaired) electrons. The summed E-state index contributed by atoms with van der Waals surface area (Å²) in [5, 5.41) is 0. The highest BCUT2D eigenvalue weighted by molar-refractivity contribution is 9.15. The van der Waals surface area contributed by atoms with Gasteiger partial charge in [-0.15, -0.1) is 11.3 Å². The number of hydrogen-bond acceptors (Lipinski definition) is 6. The minimum Gasteiger partial charge on any atom is -0.293 e. The van der Waals surface area contributed by atoms with E-state index in [9.17, 15) is 14.4 Å². The fraction of sp³-hybridized carbons (Fsp3) is 0.0435. The normalized spacial score (nSPS) is 13.1. The highest BCUT2D eigenvalue weighted by Crippen LogP contribution is 2.46. The predicted octanol–water partition coefficient (Wildman–Crippen LogP) is 8.88. The number of Topliss-reactive ketones (excluding diaryl/α,β-unsaturated/α-hetero) is 1. The van der Waals surface area contributed by atoms with Crippen molar-refractivity contribution < 1.29 is 14.4 Å². The summed E-state index contributed by atoms with van der Waals surface area (Å²) in [5.74, 6) is -0.547. The smallest absolute Gasteiger partial charge is 0.267 e. The molecular weight excluding hydrogens is 816 g/mol. The monoisotopic (exact) mass is 820 g/mol. The maximum atomic E-state index is 13.3. The summed E-state index contributed by atoms with van der Waals surface area (Å²) in [6, 6.07) is 12.5. The average molecular weight is 825 g/mol. The summed E-state index contributed by atoms with van der Waals surface area (Å²) < 4.78 is 4.78. The van der Waals surface area contributed by atoms with E-state index in [1.54, 1.807) is 30.3 Å². The number of aromatic nitrogens is 1. The Hall–Kier alpha value is -0.890. The Morgan fingerprint density at radius 1 is 0.857 bits per heavy atom. The highest BCUT2D eigenvalue weighted by Gasteiger charge is 2.42. The van der Waals surface area contributed by atoms with Gasteiger partial charge in [-0.1, -0.05) is 39.8 Å². The predicted molar refractivity (Wildman–Crippen MR) is 157 cm³/mol. The number of anilines is 1. The van der Waals surface area contributed by atoms with Crippen LogP contribution in [-0.2, 0) is 0 Å². The Labute approximate surface area is 249 Å². The largest absolute Gasteiger partial charge is 0.293 e. The molecule has 0 N–H and O–H groups in total. The summed E-state index contributed by atoms with van der Waals surface area (Å²) in [6.45, 7) is 0. The van der Waals surface area contributed by atoms with Gasteiger partial charge in [-0.2, -0.15) is 0 Å². The van der Waals surface area contributed by atoms with E-state index in [0.29, 0.717) is 40.3 Å². The van der Waals surface area contributed by atoms with Gasteiger partial charge in [0.15, 0.2) is 10.1 Å². The molecule has 5 rings (SSSR count). The molecule has 0 unspecified atom stereocenters. The van der Waals surface area contributed by atoms with Crippen LogP contribution in [0.15, 0.2) is 69.2 Å². The van der Waals surface area contributed by atoms with Crippen LogP contribution in [-0.4, -0.2) is 28.3 Å². The number of imide groups is 1. The van der Waals surface area contributed by atoms with Gasteiger partial charge >= 0.3 is 0 Å². The number of hydrogen-bond donors (Lipinski definition) is 0. The Balaban J connectivity index is 1.41. The molecule has 2 heterocycles. The van der Waals surface area contributed by atoms with E-state index in [4.69, 9.17) is 0 Å². The number of carbonyl (C=O) groups is 3. The van der Waals surface area contributed by atoms with Gasteiger partial charge in [0.2, 0.25) is 0 Å². The van der Waals surface area contributed by atoms with Gasteiger partial charge in [0, 0.05) is 27.9 Å². The molecule has 0 aliphatic carbocycles. The molecule has 0 atom stereocenters. The molecule has 0 saturated heterocycles. The molecule has 1 aliphatic heterocycles. The Morgan fingerprint density at radius 2 is 1.46 bits per heavy atom. The van der Waals surface area contributed by atoms with Crippen LogP contribution in [0.25, 0.3) is 10.2 Å². The van der Waals surface area contributed by atoms with Crippen LogP contribution in [0.3, 0.4) is 0 Å². The number of thioether (sulfide) groups is 1. The van der Waals surface area contributed by atoms with E-state index in [1.165, 1.54) is 28.0 Å². The number of nitrogens with zero attached hydrogens (tertiary/aromatic N) is 2. The first-order valence-electron chi connectivity index (χ1n) is 9.74. The van der Waals surface area contributed by atoms with Crippen molar-refractivity contribution in [3.8, 4) is 0 Å². The van der Waals surface area contributed by atoms with Crippen molar-refractivity contribution in [3.05, 3.63) is 81.5 Å². The van der Waals surface area contributed by atoms with Crippen molar-refractivity contribution in [1.82, 2.24) is 4.98 Å². The van der Waals surface area contributed by atoms with Crippen molar-refractivity contribution in [3.63, 3.8) is 0 Å². The first kappa shape index (κ1) is 25.7. The summed E-state index contributed by atoms with van der Waals surface area (Å²) in [5.41, 5.74) is 2.43. The quantitative estimate of drug-likeness (QED) is 0.0662. The van der Waals surface area contributed by atoms with Gasteiger partial charge in [-0.05, 0) is 94.1 Å². The SMILES string of the molecule is O=C(CSc1nc2ccc(N3C(=O)c4c(Br)c(Br)c(Br)c(Br)c4C3=O)cc2s1)c1ccc(Br)cc1. The van der Waals surface area contributed by atoms with Gasteiger partial charge in [0.25, 0.3) is 11.8 Å². The van der Waals surface area contributed by atoms with E-state index in [-0.39, 0.29) is 11.5 Å². The molecule has 12 heteroatoms. The minimum atomic E-state index is -0.413. The third-order valence-corrected chi connectivity index (χ3v) is 12.7. The second-order valence-corrected chi connectivity index (χ2v) is 13.6. The summed E-state index contributed by atoms with van der Waals surface area (Å²) in [4.78, 5) is 44.8. The first-order valence-corrected chi connectivity index (χ1v) is 15.5. The molecule has 4 aromatic rings. The zero-order chi connectivity index (χ0) is 25.0. The van der Waals surface area contributed by atoms with Crippen molar-refractivity contribution in [2.75, 3.05) is 10.7 Å². The lowest BCUT2D eigenvalue weighted by atomic mass is 10.1. The summed E-state index contributed by atoms with van der Waals surface area (Å²) >= 11 is 19.9. The Kier molecular flexibility index (Phi) is 7.44. The van der Waals surface area contributed by atoms with Gasteiger partial charge in [0.1, 0.15) is 0 Å². The van der Waals surface area contributed by atoms with Gasteiger partial charge in [-0.25, -0.2) is 9.88 Å². The molecule has 0 saturated carbocycles. The lowest BCUT2D eigenvalue weighted by Crippen LogP contribution is -2.29. The van der Waals surface area contributed by atoms with Crippen molar-refractivity contribution >= 4 is 136 Å². The summed E-state index contributed by atoms with van der Waals surface area (Å²) in [7, 11) is 0. The molecule has 2 amide bonds. The molecule has 1 aliphatic rings. The maximum absolute atomic E-state index is 13.3. The van der Waals surface area contributed by atoms with Crippen molar-refractivity contribution in [2.45, 2.75) is 4.34 Å². The van der Waals surface area contributed by atoms with E-state index < -0.39 is 11.8 Å². The van der Waals surface area contributed by atoms with Crippen LogP contribution < -0.4 is 4.90 Å². The molecular formula is C23H9Br5N2O3S2. The molecule has 0 bridgehead atoms. The number of halogens is 5. The molecule has 3 aromatic carbocycles. The number of amides is 2. The van der Waals surface area contributed by atoms with Crippen molar-refractivity contribution in [1.29, 1.82) is 0 Å². The highest BCUT2D eigenvalue weighted by atomic mass is 79.9. The molecule has 0 fully saturated rings. The number of ketones is 1. The van der Waals surface area contributed by atoms with Gasteiger partial charge in [-0.3, -0.25) is 14.4 Å². The topological polar surface area (TPSA) is 67.3 Å². The number of fused-ring (bicyclic) bond motifs is 2. The van der Waals surface area contributed by atoms with Crippen LogP contribution in [0, 0.1) is 0 Å². The average Bonchev–Trinajstić information content (AvgIpc) is 3.37. The molecule has 0 spiro atoms. The minimum absolute atomic E-state index is 0.0157. The molecule has 1 aromatic heterocycles. The van der Waals surface area contributed by atoms with Crippen LogP contribution in [0.1, 0.15) is 31.1 Å². The molecule has 35 heavy (non-hydrogen) atoms. The lowest BCUT2D eigenvalue weighted by Gasteiger charge is -2.13. The van der Waals surface area contributed by atoms with Crippen LogP contribution in [0.4, 0.5) is 5.69 Å². The zero-order valence-corrected chi connectivity index (χ0v) is 26.6. The second-order valence-electron chi connectivity index (χ2n) is 7.30. The number of benzene rings is 3. The zero-order valence-electron chi connectivity index (χ0n) is 17.1. The van der Waals surface area contributed by atoms with E-state index in [0.717, 1.165) is 19.0 Å². The third kappa shape index (κ3) is 4.64. The van der Waals surface area contributed by atoms with Crippen LogP contribution in [0.5, 0.6) is 0 Å². The Morgan fingerprint density at radius 3 is 2.06 bits per heavy atom. The summed E-state index contributed by atoms with van der Waals surface area (Å²) in [6.07, 6.45) is 0. The van der Waals surface area contributed by atoms with E-state index in [1.807, 2.05) is 12.1 Å².